The van der Waals surface area contributed by atoms with Crippen molar-refractivity contribution < 1.29 is 70.1 Å². The average molecular weight is 764 g/mol. The van der Waals surface area contributed by atoms with Gasteiger partial charge in [0, 0.05) is 45.3 Å². The number of nitrogens with one attached hydrogen (secondary N) is 2. The molecule has 0 radical (unpaired) electrons. The number of rotatable bonds is 12. The standard InChI is InChI=1S/C33H37FN6O14/c1-14-38-39-28(49-14)27(45)37-33(5,6)32-36-20(26(44)35-13-18-9-11-19(34)12-10-18)21(29(46)40(32)7)53-31-25(52-17(4)43)23(51-16(3)42)22(50-15(2)41)24(54-31)30(47)48-8/h9-12,22-25,31H,13H2,1-8H3,(H,35,44)(H,37,45)/i7D3. The predicted molar refractivity (Wildman–Crippen MR) is 175 cm³/mol. The fourth-order valence-electron chi connectivity index (χ4n) is 5.13. The summed E-state index contributed by atoms with van der Waals surface area (Å²) in [5, 5.41) is 12.1. The molecule has 0 aliphatic carbocycles. The molecule has 21 heteroatoms. The van der Waals surface area contributed by atoms with Gasteiger partial charge in [-0.3, -0.25) is 33.3 Å². The number of carbonyl (C=O) groups is 6. The van der Waals surface area contributed by atoms with Crippen molar-refractivity contribution in [3.05, 3.63) is 69.3 Å². The maximum absolute atomic E-state index is 14.5. The minimum absolute atomic E-state index is 0.0126. The van der Waals surface area contributed by atoms with E-state index in [0.717, 1.165) is 40.0 Å². The lowest BCUT2D eigenvalue weighted by atomic mass is 9.97. The van der Waals surface area contributed by atoms with Gasteiger partial charge in [0.05, 0.1) is 12.6 Å². The predicted octanol–water partition coefficient (Wildman–Crippen LogP) is 0.278. The minimum atomic E-state index is -3.43. The number of benzene rings is 1. The molecule has 0 spiro atoms. The van der Waals surface area contributed by atoms with Gasteiger partial charge in [0.15, 0.2) is 24.0 Å². The van der Waals surface area contributed by atoms with E-state index in [-0.39, 0.29) is 17.0 Å². The second-order valence-electron chi connectivity index (χ2n) is 12.1. The maximum Gasteiger partial charge on any atom is 0.339 e. The van der Waals surface area contributed by atoms with Crippen LogP contribution < -0.4 is 20.9 Å². The summed E-state index contributed by atoms with van der Waals surface area (Å²) in [6, 6.07) is 4.88. The molecule has 5 atom stereocenters. The van der Waals surface area contributed by atoms with Gasteiger partial charge >= 0.3 is 35.7 Å². The fourth-order valence-corrected chi connectivity index (χ4v) is 5.13. The number of halogens is 1. The molecule has 2 amide bonds. The van der Waals surface area contributed by atoms with Crippen LogP contribution in [0.2, 0.25) is 0 Å². The lowest BCUT2D eigenvalue weighted by Crippen LogP contribution is -2.64. The van der Waals surface area contributed by atoms with Crippen molar-refractivity contribution in [3.8, 4) is 5.75 Å². The number of hydrogen-bond acceptors (Lipinski definition) is 17. The van der Waals surface area contributed by atoms with E-state index in [1.165, 1.54) is 32.9 Å². The number of amides is 2. The monoisotopic (exact) mass is 763 g/mol. The van der Waals surface area contributed by atoms with Gasteiger partial charge in [-0.1, -0.05) is 12.1 Å². The SMILES string of the molecule is [2H]C([2H])([2H])n1c(C(C)(C)NC(=O)c2nnc(C)o2)nc(C(=O)NCc2ccc(F)cc2)c(OC2OC(C(=O)OC)C(OC(C)=O)C(OC(C)=O)C2OC(C)=O)c1=O. The van der Waals surface area contributed by atoms with Crippen molar-refractivity contribution in [1.82, 2.24) is 30.4 Å². The summed E-state index contributed by atoms with van der Waals surface area (Å²) in [5.74, 6) is -9.64. The van der Waals surface area contributed by atoms with Crippen LogP contribution >= 0.6 is 0 Å². The van der Waals surface area contributed by atoms with E-state index >= 15 is 0 Å². The number of aryl methyl sites for hydroxylation is 1. The summed E-state index contributed by atoms with van der Waals surface area (Å²) < 4.78 is 75.9. The summed E-state index contributed by atoms with van der Waals surface area (Å²) in [5.41, 5.74) is -4.13. The first kappa shape index (κ1) is 36.1. The molecular formula is C33H37FN6O14. The molecule has 5 unspecified atom stereocenters. The highest BCUT2D eigenvalue weighted by molar-refractivity contribution is 5.95. The molecule has 0 saturated carbocycles. The molecule has 3 aromatic rings. The normalized spacial score (nSPS) is 20.6. The third-order valence-corrected chi connectivity index (χ3v) is 7.40. The Kier molecular flexibility index (Phi) is 11.1. The van der Waals surface area contributed by atoms with Crippen LogP contribution in [-0.2, 0) is 61.9 Å². The molecule has 2 N–H and O–H groups in total. The van der Waals surface area contributed by atoms with E-state index in [9.17, 15) is 38.0 Å². The van der Waals surface area contributed by atoms with E-state index in [2.05, 4.69) is 25.8 Å². The van der Waals surface area contributed by atoms with Gasteiger partial charge in [0.2, 0.25) is 24.0 Å². The Hall–Kier alpha value is -6.25. The fraction of sp³-hybridized carbons (Fsp3) is 0.455. The van der Waals surface area contributed by atoms with Gasteiger partial charge in [0.1, 0.15) is 11.6 Å². The second-order valence-corrected chi connectivity index (χ2v) is 12.1. The number of ether oxygens (including phenoxy) is 6. The first-order chi connectivity index (χ1) is 26.5. The van der Waals surface area contributed by atoms with Crippen molar-refractivity contribution in [1.29, 1.82) is 0 Å². The summed E-state index contributed by atoms with van der Waals surface area (Å²) in [7, 11) is 0.923. The van der Waals surface area contributed by atoms with Crippen LogP contribution in [0, 0.1) is 12.7 Å². The zero-order valence-corrected chi connectivity index (χ0v) is 29.8. The first-order valence-electron chi connectivity index (χ1n) is 17.3. The Bertz CT molecular complexity index is 2110. The summed E-state index contributed by atoms with van der Waals surface area (Å²) in [4.78, 5) is 95.6. The number of carbonyl (C=O) groups excluding carboxylic acids is 6. The first-order valence-corrected chi connectivity index (χ1v) is 15.8. The van der Waals surface area contributed by atoms with Gasteiger partial charge in [-0.15, -0.1) is 10.2 Å². The molecule has 3 heterocycles. The van der Waals surface area contributed by atoms with Crippen LogP contribution in [0.1, 0.15) is 77.2 Å². The molecule has 1 aliphatic rings. The zero-order chi connectivity index (χ0) is 42.6. The van der Waals surface area contributed by atoms with E-state index in [1.54, 1.807) is 0 Å². The number of nitrogens with zero attached hydrogens (tertiary/aromatic N) is 4. The van der Waals surface area contributed by atoms with E-state index in [4.69, 9.17) is 37.0 Å². The molecular weight excluding hydrogens is 723 g/mol. The molecule has 0 bridgehead atoms. The van der Waals surface area contributed by atoms with Crippen molar-refractivity contribution in [2.24, 2.45) is 6.98 Å². The number of aromatic nitrogens is 4. The minimum Gasteiger partial charge on any atom is -0.467 e. The van der Waals surface area contributed by atoms with Crippen molar-refractivity contribution >= 4 is 35.7 Å². The quantitative estimate of drug-likeness (QED) is 0.185. The highest BCUT2D eigenvalue weighted by Gasteiger charge is 2.56. The Morgan fingerprint density at radius 1 is 0.944 bits per heavy atom. The van der Waals surface area contributed by atoms with Crippen LogP contribution in [0.15, 0.2) is 33.5 Å². The molecule has 1 saturated heterocycles. The van der Waals surface area contributed by atoms with Crippen LogP contribution in [-0.4, -0.2) is 93.3 Å². The lowest BCUT2D eigenvalue weighted by molar-refractivity contribution is -0.282. The summed E-state index contributed by atoms with van der Waals surface area (Å²) in [6.45, 7) is 2.91. The van der Waals surface area contributed by atoms with Crippen LogP contribution in [0.25, 0.3) is 0 Å². The molecule has 290 valence electrons. The number of methoxy groups -OCH3 is 1. The van der Waals surface area contributed by atoms with Crippen LogP contribution in [0.3, 0.4) is 0 Å². The molecule has 2 aromatic heterocycles. The number of esters is 4. The van der Waals surface area contributed by atoms with Crippen molar-refractivity contribution in [2.45, 2.75) is 84.3 Å². The molecule has 20 nitrogen and oxygen atoms in total. The molecule has 54 heavy (non-hydrogen) atoms. The molecule has 1 aliphatic heterocycles. The van der Waals surface area contributed by atoms with E-state index in [0.29, 0.717) is 5.56 Å². The lowest BCUT2D eigenvalue weighted by Gasteiger charge is -2.43. The molecule has 1 fully saturated rings. The highest BCUT2D eigenvalue weighted by atomic mass is 19.1. The van der Waals surface area contributed by atoms with Gasteiger partial charge in [-0.05, 0) is 31.5 Å². The highest BCUT2D eigenvalue weighted by Crippen LogP contribution is 2.32. The largest absolute Gasteiger partial charge is 0.467 e. The Balaban J connectivity index is 1.96. The number of hydrogen-bond donors (Lipinski definition) is 2. The van der Waals surface area contributed by atoms with Gasteiger partial charge in [0.25, 0.3) is 11.5 Å². The second kappa shape index (κ2) is 16.6. The third-order valence-electron chi connectivity index (χ3n) is 7.40. The van der Waals surface area contributed by atoms with Gasteiger partial charge < -0.3 is 43.5 Å². The Labute approximate surface area is 309 Å². The van der Waals surface area contributed by atoms with Gasteiger partial charge in [-0.2, -0.15) is 0 Å². The molecule has 4 rings (SSSR count). The molecule has 1 aromatic carbocycles. The smallest absolute Gasteiger partial charge is 0.339 e. The van der Waals surface area contributed by atoms with Gasteiger partial charge in [-0.25, -0.2) is 14.2 Å². The summed E-state index contributed by atoms with van der Waals surface area (Å²) in [6.07, 6.45) is -10.0. The Morgan fingerprint density at radius 3 is 2.11 bits per heavy atom. The maximum atomic E-state index is 14.5. The van der Waals surface area contributed by atoms with Crippen LogP contribution in [0.5, 0.6) is 5.75 Å². The van der Waals surface area contributed by atoms with E-state index in [1.807, 2.05) is 0 Å². The third kappa shape index (κ3) is 9.40. The van der Waals surface area contributed by atoms with Crippen LogP contribution in [0.4, 0.5) is 4.39 Å². The topological polar surface area (TPSA) is 256 Å². The Morgan fingerprint density at radius 2 is 1.56 bits per heavy atom. The zero-order valence-electron chi connectivity index (χ0n) is 32.8. The summed E-state index contributed by atoms with van der Waals surface area (Å²) >= 11 is 0. The average Bonchev–Trinajstić information content (AvgIpc) is 3.55. The van der Waals surface area contributed by atoms with Crippen molar-refractivity contribution in [2.75, 3.05) is 7.11 Å². The van der Waals surface area contributed by atoms with E-state index < -0.39 is 113 Å². The van der Waals surface area contributed by atoms with Crippen molar-refractivity contribution in [3.63, 3.8) is 0 Å².